The lowest BCUT2D eigenvalue weighted by Gasteiger charge is -2.34. The highest BCUT2D eigenvalue weighted by atomic mass is 16.5. The number of nitrogens with one attached hydrogen (secondary N) is 1. The summed E-state index contributed by atoms with van der Waals surface area (Å²) in [6.45, 7) is 5.23. The molecule has 0 aliphatic carbocycles. The second-order valence-corrected chi connectivity index (χ2v) is 7.25. The minimum Gasteiger partial charge on any atom is -0.497 e. The molecule has 5 nitrogen and oxygen atoms in total. The van der Waals surface area contributed by atoms with Crippen LogP contribution < -0.4 is 10.1 Å². The van der Waals surface area contributed by atoms with Gasteiger partial charge in [-0.05, 0) is 42.5 Å². The van der Waals surface area contributed by atoms with Crippen molar-refractivity contribution < 1.29 is 9.53 Å². The number of carbonyl (C=O) groups excluding carboxylic acids is 1. The average molecular weight is 382 g/mol. The predicted octanol–water partition coefficient (Wildman–Crippen LogP) is 3.20. The van der Waals surface area contributed by atoms with Gasteiger partial charge < -0.3 is 15.0 Å². The molecule has 0 aromatic heterocycles. The Bertz CT molecular complexity index is 710. The van der Waals surface area contributed by atoms with Crippen LogP contribution in [-0.4, -0.2) is 62.2 Å². The first-order valence-electron chi connectivity index (χ1n) is 10.2. The van der Waals surface area contributed by atoms with Crippen LogP contribution in [0, 0.1) is 0 Å². The van der Waals surface area contributed by atoms with Gasteiger partial charge in [-0.15, -0.1) is 0 Å². The molecule has 2 aromatic rings. The normalized spacial score (nSPS) is 14.7. The third-order valence-electron chi connectivity index (χ3n) is 5.30. The van der Waals surface area contributed by atoms with Crippen LogP contribution in [-0.2, 0) is 12.8 Å². The topological polar surface area (TPSA) is 44.8 Å². The molecule has 28 heavy (non-hydrogen) atoms. The van der Waals surface area contributed by atoms with Gasteiger partial charge in [0.2, 0.25) is 0 Å². The molecule has 0 spiro atoms. The van der Waals surface area contributed by atoms with Gasteiger partial charge in [0.15, 0.2) is 0 Å². The fourth-order valence-electron chi connectivity index (χ4n) is 3.50. The van der Waals surface area contributed by atoms with Crippen molar-refractivity contribution in [1.29, 1.82) is 0 Å². The van der Waals surface area contributed by atoms with E-state index < -0.39 is 0 Å². The quantitative estimate of drug-likeness (QED) is 0.714. The molecule has 2 amide bonds. The van der Waals surface area contributed by atoms with Crippen molar-refractivity contribution in [3.05, 3.63) is 65.7 Å². The van der Waals surface area contributed by atoms with Gasteiger partial charge in [0.05, 0.1) is 7.11 Å². The minimum atomic E-state index is 0.0721. The van der Waals surface area contributed by atoms with Gasteiger partial charge in [-0.25, -0.2) is 4.79 Å². The van der Waals surface area contributed by atoms with E-state index in [1.165, 1.54) is 11.1 Å². The molecule has 3 rings (SSSR count). The van der Waals surface area contributed by atoms with E-state index in [0.717, 1.165) is 64.3 Å². The summed E-state index contributed by atoms with van der Waals surface area (Å²) in [6, 6.07) is 18.7. The van der Waals surface area contributed by atoms with Gasteiger partial charge in [0.25, 0.3) is 0 Å². The smallest absolute Gasteiger partial charge is 0.317 e. The minimum absolute atomic E-state index is 0.0721. The van der Waals surface area contributed by atoms with Crippen LogP contribution in [0.2, 0.25) is 0 Å². The monoisotopic (exact) mass is 381 g/mol. The lowest BCUT2D eigenvalue weighted by atomic mass is 10.1. The Labute approximate surface area is 168 Å². The maximum Gasteiger partial charge on any atom is 0.317 e. The number of aryl methyl sites for hydroxylation is 1. The zero-order valence-corrected chi connectivity index (χ0v) is 16.8. The highest BCUT2D eigenvalue weighted by molar-refractivity contribution is 5.74. The van der Waals surface area contributed by atoms with Gasteiger partial charge >= 0.3 is 6.03 Å². The summed E-state index contributed by atoms with van der Waals surface area (Å²) in [7, 11) is 1.69. The number of carbonyl (C=O) groups is 1. The van der Waals surface area contributed by atoms with E-state index in [-0.39, 0.29) is 6.03 Å². The molecule has 1 saturated heterocycles. The van der Waals surface area contributed by atoms with E-state index in [0.29, 0.717) is 0 Å². The Kier molecular flexibility index (Phi) is 7.73. The summed E-state index contributed by atoms with van der Waals surface area (Å²) in [5.74, 6) is 0.896. The van der Waals surface area contributed by atoms with Gasteiger partial charge in [-0.2, -0.15) is 0 Å². The summed E-state index contributed by atoms with van der Waals surface area (Å²) in [4.78, 5) is 16.7. The fourth-order valence-corrected chi connectivity index (χ4v) is 3.50. The first kappa shape index (κ1) is 20.2. The van der Waals surface area contributed by atoms with Gasteiger partial charge in [0.1, 0.15) is 5.75 Å². The zero-order chi connectivity index (χ0) is 19.6. The molecule has 2 aromatic carbocycles. The van der Waals surface area contributed by atoms with Crippen molar-refractivity contribution in [3.63, 3.8) is 0 Å². The molecule has 0 unspecified atom stereocenters. The summed E-state index contributed by atoms with van der Waals surface area (Å²) < 4.78 is 5.20. The van der Waals surface area contributed by atoms with E-state index in [9.17, 15) is 4.79 Å². The van der Waals surface area contributed by atoms with Crippen LogP contribution in [0.5, 0.6) is 5.75 Å². The van der Waals surface area contributed by atoms with Crippen molar-refractivity contribution in [1.82, 2.24) is 15.1 Å². The summed E-state index contributed by atoms with van der Waals surface area (Å²) in [6.07, 6.45) is 2.99. The Hall–Kier alpha value is -2.53. The highest BCUT2D eigenvalue weighted by Gasteiger charge is 2.20. The van der Waals surface area contributed by atoms with E-state index in [1.54, 1.807) is 7.11 Å². The molecular weight excluding hydrogens is 350 g/mol. The number of ether oxygens (including phenoxy) is 1. The van der Waals surface area contributed by atoms with Crippen LogP contribution in [0.15, 0.2) is 54.6 Å². The molecule has 150 valence electrons. The first-order valence-corrected chi connectivity index (χ1v) is 10.2. The van der Waals surface area contributed by atoms with Gasteiger partial charge in [0, 0.05) is 39.3 Å². The molecule has 0 saturated carbocycles. The van der Waals surface area contributed by atoms with Crippen LogP contribution in [0.4, 0.5) is 4.79 Å². The molecule has 1 fully saturated rings. The number of piperazine rings is 1. The molecule has 1 aliphatic heterocycles. The molecule has 0 bridgehead atoms. The van der Waals surface area contributed by atoms with Crippen molar-refractivity contribution in [2.45, 2.75) is 19.3 Å². The lowest BCUT2D eigenvalue weighted by Crippen LogP contribution is -2.52. The highest BCUT2D eigenvalue weighted by Crippen LogP contribution is 2.12. The number of methoxy groups -OCH3 is 1. The third-order valence-corrected chi connectivity index (χ3v) is 5.30. The van der Waals surface area contributed by atoms with E-state index in [4.69, 9.17) is 4.74 Å². The zero-order valence-electron chi connectivity index (χ0n) is 16.8. The Morgan fingerprint density at radius 1 is 0.929 bits per heavy atom. The number of rotatable bonds is 8. The standard InChI is InChI=1S/C23H31N3O2/c1-28-22-11-9-21(10-12-22)13-15-25-16-18-26(19-17-25)23(27)24-14-5-8-20-6-3-2-4-7-20/h2-4,6-7,9-12H,5,8,13-19H2,1H3,(H,24,27). The molecule has 5 heteroatoms. The van der Waals surface area contributed by atoms with Crippen molar-refractivity contribution in [2.24, 2.45) is 0 Å². The van der Waals surface area contributed by atoms with E-state index in [2.05, 4.69) is 46.6 Å². The first-order chi connectivity index (χ1) is 13.7. The Morgan fingerprint density at radius 2 is 1.61 bits per heavy atom. The second kappa shape index (κ2) is 10.7. The van der Waals surface area contributed by atoms with E-state index in [1.807, 2.05) is 23.1 Å². The van der Waals surface area contributed by atoms with Crippen molar-refractivity contribution in [2.75, 3.05) is 46.4 Å². The largest absolute Gasteiger partial charge is 0.497 e. The number of urea groups is 1. The molecule has 1 heterocycles. The Balaban J connectivity index is 1.30. The van der Waals surface area contributed by atoms with Crippen LogP contribution in [0.3, 0.4) is 0 Å². The van der Waals surface area contributed by atoms with Crippen LogP contribution in [0.25, 0.3) is 0 Å². The molecule has 1 N–H and O–H groups in total. The number of hydrogen-bond acceptors (Lipinski definition) is 3. The fraction of sp³-hybridized carbons (Fsp3) is 0.435. The van der Waals surface area contributed by atoms with Crippen LogP contribution >= 0.6 is 0 Å². The number of hydrogen-bond donors (Lipinski definition) is 1. The van der Waals surface area contributed by atoms with Gasteiger partial charge in [-0.1, -0.05) is 42.5 Å². The molecular formula is C23H31N3O2. The van der Waals surface area contributed by atoms with Crippen molar-refractivity contribution >= 4 is 6.03 Å². The molecule has 1 aliphatic rings. The van der Waals surface area contributed by atoms with Crippen LogP contribution in [0.1, 0.15) is 17.5 Å². The summed E-state index contributed by atoms with van der Waals surface area (Å²) in [5.41, 5.74) is 2.64. The summed E-state index contributed by atoms with van der Waals surface area (Å²) in [5, 5.41) is 3.06. The maximum atomic E-state index is 12.3. The van der Waals surface area contributed by atoms with Crippen molar-refractivity contribution in [3.8, 4) is 5.75 Å². The maximum absolute atomic E-state index is 12.3. The number of nitrogens with zero attached hydrogens (tertiary/aromatic N) is 2. The average Bonchev–Trinajstić information content (AvgIpc) is 2.76. The SMILES string of the molecule is COc1ccc(CCN2CCN(C(=O)NCCCc3ccccc3)CC2)cc1. The summed E-state index contributed by atoms with van der Waals surface area (Å²) >= 11 is 0. The van der Waals surface area contributed by atoms with Gasteiger partial charge in [-0.3, -0.25) is 4.90 Å². The Morgan fingerprint density at radius 3 is 2.29 bits per heavy atom. The lowest BCUT2D eigenvalue weighted by molar-refractivity contribution is 0.140. The number of amides is 2. The third kappa shape index (κ3) is 6.27. The predicted molar refractivity (Wildman–Crippen MR) is 113 cm³/mol. The number of benzene rings is 2. The second-order valence-electron chi connectivity index (χ2n) is 7.25. The molecule has 0 radical (unpaired) electrons. The molecule has 0 atom stereocenters. The van der Waals surface area contributed by atoms with E-state index >= 15 is 0 Å².